The molecule has 320 valence electrons. The molecule has 1 aliphatic rings. The van der Waals surface area contributed by atoms with Crippen LogP contribution in [-0.4, -0.2) is 24.9 Å². The third kappa shape index (κ3) is 6.76. The van der Waals surface area contributed by atoms with Crippen LogP contribution < -0.4 is 0 Å². The van der Waals surface area contributed by atoms with Crippen LogP contribution in [0.15, 0.2) is 217 Å². The summed E-state index contributed by atoms with van der Waals surface area (Å²) in [6.07, 6.45) is 0. The Morgan fingerprint density at radius 1 is 0.309 bits per heavy atom. The van der Waals surface area contributed by atoms with Crippen LogP contribution in [0.2, 0.25) is 0 Å². The van der Waals surface area contributed by atoms with E-state index < -0.39 is 0 Å². The average molecular weight is 872 g/mol. The molecule has 6 heteroatoms. The van der Waals surface area contributed by atoms with Crippen LogP contribution in [0.4, 0.5) is 0 Å². The van der Waals surface area contributed by atoms with Gasteiger partial charge in [0.25, 0.3) is 0 Å². The zero-order valence-electron chi connectivity index (χ0n) is 37.4. The highest BCUT2D eigenvalue weighted by atomic mass is 16.3. The Morgan fingerprint density at radius 3 is 1.50 bits per heavy atom. The molecule has 0 fully saturated rings. The molecule has 6 nitrogen and oxygen atoms in total. The minimum atomic E-state index is -0.130. The van der Waals surface area contributed by atoms with E-state index in [2.05, 4.69) is 172 Å². The van der Waals surface area contributed by atoms with Gasteiger partial charge in [0, 0.05) is 49.6 Å². The van der Waals surface area contributed by atoms with Crippen molar-refractivity contribution in [3.63, 3.8) is 0 Å². The fourth-order valence-corrected chi connectivity index (χ4v) is 9.97. The van der Waals surface area contributed by atoms with Crippen molar-refractivity contribution in [3.8, 4) is 90.3 Å². The normalized spacial score (nSPS) is 12.7. The summed E-state index contributed by atoms with van der Waals surface area (Å²) in [5, 5.41) is 4.46. The molecule has 0 radical (unpaired) electrons. The van der Waals surface area contributed by atoms with E-state index in [0.717, 1.165) is 83.2 Å². The van der Waals surface area contributed by atoms with Gasteiger partial charge in [-0.3, -0.25) is 0 Å². The van der Waals surface area contributed by atoms with Crippen LogP contribution in [0.3, 0.4) is 0 Å². The van der Waals surface area contributed by atoms with Crippen LogP contribution in [-0.2, 0) is 5.41 Å². The van der Waals surface area contributed by atoms with Gasteiger partial charge in [0.1, 0.15) is 11.2 Å². The number of fused-ring (bicyclic) bond motifs is 7. The number of hydrogen-bond acceptors (Lipinski definition) is 6. The van der Waals surface area contributed by atoms with Crippen molar-refractivity contribution in [2.45, 2.75) is 19.3 Å². The van der Waals surface area contributed by atoms with Crippen LogP contribution >= 0.6 is 0 Å². The summed E-state index contributed by atoms with van der Waals surface area (Å²) in [5.74, 6) is 2.43. The topological polar surface area (TPSA) is 77.6 Å². The summed E-state index contributed by atoms with van der Waals surface area (Å²) in [7, 11) is 0. The van der Waals surface area contributed by atoms with E-state index in [1.165, 1.54) is 27.6 Å². The molecule has 0 bridgehead atoms. The van der Waals surface area contributed by atoms with Crippen molar-refractivity contribution in [2.24, 2.45) is 0 Å². The van der Waals surface area contributed by atoms with Gasteiger partial charge in [0.2, 0.25) is 0 Å². The third-order valence-corrected chi connectivity index (χ3v) is 13.5. The average Bonchev–Trinajstić information content (AvgIpc) is 3.87. The molecular weight excluding hydrogens is 831 g/mol. The van der Waals surface area contributed by atoms with Gasteiger partial charge in [0.15, 0.2) is 23.3 Å². The zero-order valence-corrected chi connectivity index (χ0v) is 37.4. The van der Waals surface area contributed by atoms with Crippen LogP contribution in [0, 0.1) is 0 Å². The van der Waals surface area contributed by atoms with Crippen molar-refractivity contribution in [2.75, 3.05) is 0 Å². The predicted molar refractivity (Wildman–Crippen MR) is 276 cm³/mol. The second-order valence-corrected chi connectivity index (χ2v) is 18.1. The van der Waals surface area contributed by atoms with Crippen molar-refractivity contribution < 1.29 is 4.42 Å². The van der Waals surface area contributed by atoms with Gasteiger partial charge in [-0.15, -0.1) is 0 Å². The van der Waals surface area contributed by atoms with Crippen molar-refractivity contribution in [1.29, 1.82) is 0 Å². The van der Waals surface area contributed by atoms with Gasteiger partial charge in [-0.05, 0) is 92.7 Å². The van der Waals surface area contributed by atoms with E-state index in [1.54, 1.807) is 0 Å². The Balaban J connectivity index is 0.889. The maximum Gasteiger partial charge on any atom is 0.164 e. The highest BCUT2D eigenvalue weighted by molar-refractivity contribution is 6.10. The van der Waals surface area contributed by atoms with Crippen molar-refractivity contribution in [3.05, 3.63) is 223 Å². The molecule has 13 rings (SSSR count). The first-order valence-corrected chi connectivity index (χ1v) is 23.0. The first kappa shape index (κ1) is 39.5. The van der Waals surface area contributed by atoms with Gasteiger partial charge < -0.3 is 4.42 Å². The molecular formula is C62H41N5O. The Bertz CT molecular complexity index is 3950. The van der Waals surface area contributed by atoms with E-state index in [4.69, 9.17) is 29.3 Å². The molecule has 0 N–H and O–H groups in total. The van der Waals surface area contributed by atoms with Gasteiger partial charge in [-0.2, -0.15) is 0 Å². The molecule has 0 saturated carbocycles. The first-order valence-electron chi connectivity index (χ1n) is 23.0. The molecule has 0 saturated heterocycles. The molecule has 0 unspecified atom stereocenters. The molecule has 3 heterocycles. The summed E-state index contributed by atoms with van der Waals surface area (Å²) in [6, 6.07) is 73.9. The van der Waals surface area contributed by atoms with Gasteiger partial charge in [-0.1, -0.05) is 178 Å². The van der Waals surface area contributed by atoms with Crippen LogP contribution in [0.5, 0.6) is 0 Å². The largest absolute Gasteiger partial charge is 0.456 e. The van der Waals surface area contributed by atoms with Gasteiger partial charge >= 0.3 is 0 Å². The fourth-order valence-electron chi connectivity index (χ4n) is 9.97. The summed E-state index contributed by atoms with van der Waals surface area (Å²) in [4.78, 5) is 25.7. The molecule has 0 atom stereocenters. The third-order valence-electron chi connectivity index (χ3n) is 13.5. The number of aromatic nitrogens is 5. The van der Waals surface area contributed by atoms with Crippen molar-refractivity contribution >= 4 is 32.7 Å². The molecule has 1 aliphatic carbocycles. The highest BCUT2D eigenvalue weighted by Crippen LogP contribution is 2.49. The minimum Gasteiger partial charge on any atom is -0.456 e. The number of rotatable bonds is 7. The van der Waals surface area contributed by atoms with E-state index in [9.17, 15) is 0 Å². The molecule has 0 spiro atoms. The predicted octanol–water partition coefficient (Wildman–Crippen LogP) is 15.7. The molecule has 0 amide bonds. The number of benzene rings is 9. The fraction of sp³-hybridized carbons (Fsp3) is 0.0484. The number of nitrogens with zero attached hydrogens (tertiary/aromatic N) is 5. The lowest BCUT2D eigenvalue weighted by atomic mass is 9.82. The Hall–Kier alpha value is -8.87. The second kappa shape index (κ2) is 15.6. The quantitative estimate of drug-likeness (QED) is 0.159. The highest BCUT2D eigenvalue weighted by Gasteiger charge is 2.35. The number of hydrogen-bond donors (Lipinski definition) is 0. The molecule has 3 aromatic heterocycles. The molecule has 68 heavy (non-hydrogen) atoms. The van der Waals surface area contributed by atoms with Gasteiger partial charge in [0.05, 0.1) is 11.4 Å². The van der Waals surface area contributed by atoms with E-state index in [0.29, 0.717) is 23.3 Å². The maximum atomic E-state index is 6.47. The molecule has 12 aromatic rings. The maximum absolute atomic E-state index is 6.47. The lowest BCUT2D eigenvalue weighted by Crippen LogP contribution is -2.14. The summed E-state index contributed by atoms with van der Waals surface area (Å²) >= 11 is 0. The van der Waals surface area contributed by atoms with E-state index in [-0.39, 0.29) is 5.41 Å². The van der Waals surface area contributed by atoms with Crippen molar-refractivity contribution in [1.82, 2.24) is 24.9 Å². The number of furan rings is 1. The first-order chi connectivity index (χ1) is 33.4. The molecule has 9 aromatic carbocycles. The summed E-state index contributed by atoms with van der Waals surface area (Å²) in [6.45, 7) is 4.63. The summed E-state index contributed by atoms with van der Waals surface area (Å²) in [5.41, 5.74) is 16.2. The Kier molecular flexibility index (Phi) is 9.08. The summed E-state index contributed by atoms with van der Waals surface area (Å²) < 4.78 is 6.47. The lowest BCUT2D eigenvalue weighted by molar-refractivity contribution is 0.660. The standard InChI is InChI=1S/C62H41N5O/c1-62(2)52-26-12-11-25-48(52)49-29-27-45(34-53(49)62)55-37-54(63-58(64-55)38-15-5-3-6-16-38)44-23-13-21-40(31-44)41-22-14-24-46(32-41)60-65-59(39-17-7-4-8-18-39)66-61(67-60)47-28-30-50-51-33-42-19-9-10-20-43(42)35-57(51)68-56(50)36-47/h3-37H,1-2H3. The Labute approximate surface area is 393 Å². The van der Waals surface area contributed by atoms with Crippen LogP contribution in [0.25, 0.3) is 123 Å². The van der Waals surface area contributed by atoms with Gasteiger partial charge in [-0.25, -0.2) is 24.9 Å². The SMILES string of the molecule is CC1(C)c2ccccc2-c2ccc(-c3cc(-c4cccc(-c5cccc(-c6nc(-c7ccccc7)nc(-c7ccc8c(c7)oc7cc9ccccc9cc78)n6)c5)c4)nc(-c4ccccc4)n3)cc21. The monoisotopic (exact) mass is 871 g/mol. The van der Waals surface area contributed by atoms with Crippen LogP contribution in [0.1, 0.15) is 25.0 Å². The zero-order chi connectivity index (χ0) is 45.3. The molecule has 0 aliphatic heterocycles. The Morgan fingerprint density at radius 2 is 0.794 bits per heavy atom. The van der Waals surface area contributed by atoms with E-state index in [1.807, 2.05) is 54.6 Å². The second-order valence-electron chi connectivity index (χ2n) is 18.1. The van der Waals surface area contributed by atoms with E-state index >= 15 is 0 Å². The minimum absolute atomic E-state index is 0.130. The lowest BCUT2D eigenvalue weighted by Gasteiger charge is -2.22. The smallest absolute Gasteiger partial charge is 0.164 e.